The van der Waals surface area contributed by atoms with Gasteiger partial charge in [0.2, 0.25) is 0 Å². The Morgan fingerprint density at radius 1 is 1.40 bits per heavy atom. The van der Waals surface area contributed by atoms with E-state index in [-0.39, 0.29) is 11.6 Å². The quantitative estimate of drug-likeness (QED) is 0.893. The fraction of sp³-hybridized carbons (Fsp3) is 0.625. The van der Waals surface area contributed by atoms with Crippen LogP contribution in [0.3, 0.4) is 0 Å². The number of fused-ring (bicyclic) bond motifs is 1. The summed E-state index contributed by atoms with van der Waals surface area (Å²) in [5.74, 6) is 0.891. The number of hydrogen-bond donors (Lipinski definition) is 1. The number of benzene rings is 1. The number of hydrogen-bond acceptors (Lipinski definition) is 4. The molecule has 0 aromatic heterocycles. The monoisotopic (exact) mass is 276 g/mol. The lowest BCUT2D eigenvalue weighted by atomic mass is 10.0. The molecule has 0 saturated carbocycles. The average Bonchev–Trinajstić information content (AvgIpc) is 2.74. The van der Waals surface area contributed by atoms with Crippen molar-refractivity contribution in [3.05, 3.63) is 29.3 Å². The molecular weight excluding hydrogens is 252 g/mol. The average molecular weight is 276 g/mol. The zero-order valence-corrected chi connectivity index (χ0v) is 12.6. The van der Waals surface area contributed by atoms with Gasteiger partial charge in [0, 0.05) is 25.2 Å². The number of rotatable bonds is 2. The maximum Gasteiger partial charge on any atom is 0.119 e. The van der Waals surface area contributed by atoms with E-state index >= 15 is 0 Å². The van der Waals surface area contributed by atoms with Crippen LogP contribution in [0.2, 0.25) is 0 Å². The number of nitrogens with zero attached hydrogens (tertiary/aromatic N) is 1. The Balaban J connectivity index is 1.81. The molecule has 0 bridgehead atoms. The van der Waals surface area contributed by atoms with E-state index in [1.807, 2.05) is 6.07 Å². The molecule has 1 aliphatic carbocycles. The van der Waals surface area contributed by atoms with Gasteiger partial charge in [-0.15, -0.1) is 0 Å². The van der Waals surface area contributed by atoms with Gasteiger partial charge < -0.3 is 15.2 Å². The molecule has 20 heavy (non-hydrogen) atoms. The van der Waals surface area contributed by atoms with Crippen molar-refractivity contribution in [3.63, 3.8) is 0 Å². The third kappa shape index (κ3) is 2.43. The van der Waals surface area contributed by atoms with Crippen LogP contribution in [0.1, 0.15) is 31.0 Å². The molecule has 1 aromatic carbocycles. The standard InChI is InChI=1S/C16H24N2O2/c1-16(2)10-18(6-7-20-16)14-8-11-4-5-12(19-3)9-13(11)15(14)17/h4-5,9,14-15H,6-8,10,17H2,1-3H3. The minimum Gasteiger partial charge on any atom is -0.497 e. The van der Waals surface area contributed by atoms with Crippen LogP contribution in [0, 0.1) is 0 Å². The van der Waals surface area contributed by atoms with Gasteiger partial charge in [0.05, 0.1) is 19.3 Å². The summed E-state index contributed by atoms with van der Waals surface area (Å²) >= 11 is 0. The second-order valence-corrected chi connectivity index (χ2v) is 6.44. The molecule has 1 aliphatic heterocycles. The van der Waals surface area contributed by atoms with Crippen molar-refractivity contribution in [1.29, 1.82) is 0 Å². The van der Waals surface area contributed by atoms with Crippen LogP contribution in [0.15, 0.2) is 18.2 Å². The number of ether oxygens (including phenoxy) is 2. The molecule has 4 heteroatoms. The van der Waals surface area contributed by atoms with Gasteiger partial charge in [0.1, 0.15) is 5.75 Å². The predicted octanol–water partition coefficient (Wildman–Crippen LogP) is 1.73. The van der Waals surface area contributed by atoms with Gasteiger partial charge in [0.25, 0.3) is 0 Å². The molecular formula is C16H24N2O2. The molecule has 0 spiro atoms. The summed E-state index contributed by atoms with van der Waals surface area (Å²) in [6, 6.07) is 6.71. The van der Waals surface area contributed by atoms with Crippen LogP contribution in [-0.4, -0.2) is 43.3 Å². The van der Waals surface area contributed by atoms with E-state index in [0.717, 1.165) is 31.9 Å². The highest BCUT2D eigenvalue weighted by Gasteiger charge is 2.38. The largest absolute Gasteiger partial charge is 0.497 e. The summed E-state index contributed by atoms with van der Waals surface area (Å²) in [6.07, 6.45) is 1.02. The summed E-state index contributed by atoms with van der Waals surface area (Å²) in [4.78, 5) is 2.49. The van der Waals surface area contributed by atoms with Crippen LogP contribution in [0.25, 0.3) is 0 Å². The minimum atomic E-state index is -0.0789. The van der Waals surface area contributed by atoms with E-state index in [0.29, 0.717) is 6.04 Å². The van der Waals surface area contributed by atoms with E-state index < -0.39 is 0 Å². The van der Waals surface area contributed by atoms with Crippen molar-refractivity contribution < 1.29 is 9.47 Å². The maximum atomic E-state index is 6.50. The first-order chi connectivity index (χ1) is 9.50. The number of methoxy groups -OCH3 is 1. The van der Waals surface area contributed by atoms with Crippen LogP contribution < -0.4 is 10.5 Å². The second-order valence-electron chi connectivity index (χ2n) is 6.44. The van der Waals surface area contributed by atoms with Crippen molar-refractivity contribution in [2.75, 3.05) is 26.8 Å². The smallest absolute Gasteiger partial charge is 0.119 e. The molecule has 2 aliphatic rings. The van der Waals surface area contributed by atoms with E-state index in [4.69, 9.17) is 15.2 Å². The van der Waals surface area contributed by atoms with Crippen LogP contribution in [-0.2, 0) is 11.2 Å². The molecule has 1 heterocycles. The third-order valence-corrected chi connectivity index (χ3v) is 4.48. The lowest BCUT2D eigenvalue weighted by Gasteiger charge is -2.42. The first-order valence-corrected chi connectivity index (χ1v) is 7.30. The van der Waals surface area contributed by atoms with Gasteiger partial charge >= 0.3 is 0 Å². The van der Waals surface area contributed by atoms with Crippen molar-refractivity contribution >= 4 is 0 Å². The van der Waals surface area contributed by atoms with E-state index in [2.05, 4.69) is 30.9 Å². The van der Waals surface area contributed by atoms with Crippen molar-refractivity contribution in [1.82, 2.24) is 4.90 Å². The van der Waals surface area contributed by atoms with Gasteiger partial charge in [-0.05, 0) is 43.5 Å². The molecule has 1 aromatic rings. The zero-order valence-electron chi connectivity index (χ0n) is 12.6. The molecule has 0 radical (unpaired) electrons. The Morgan fingerprint density at radius 2 is 2.20 bits per heavy atom. The molecule has 2 N–H and O–H groups in total. The fourth-order valence-electron chi connectivity index (χ4n) is 3.45. The zero-order chi connectivity index (χ0) is 14.3. The van der Waals surface area contributed by atoms with E-state index in [1.54, 1.807) is 7.11 Å². The first kappa shape index (κ1) is 13.9. The van der Waals surface area contributed by atoms with Crippen LogP contribution in [0.5, 0.6) is 5.75 Å². The van der Waals surface area contributed by atoms with Gasteiger partial charge in [-0.1, -0.05) is 6.07 Å². The van der Waals surface area contributed by atoms with Crippen molar-refractivity contribution in [2.45, 2.75) is 38.0 Å². The highest BCUT2D eigenvalue weighted by Crippen LogP contribution is 2.36. The normalized spacial score (nSPS) is 29.2. The van der Waals surface area contributed by atoms with Gasteiger partial charge in [-0.25, -0.2) is 0 Å². The molecule has 1 saturated heterocycles. The van der Waals surface area contributed by atoms with Crippen molar-refractivity contribution in [3.8, 4) is 5.75 Å². The van der Waals surface area contributed by atoms with Crippen LogP contribution in [0.4, 0.5) is 0 Å². The van der Waals surface area contributed by atoms with Crippen molar-refractivity contribution in [2.24, 2.45) is 5.73 Å². The summed E-state index contributed by atoms with van der Waals surface area (Å²) in [5.41, 5.74) is 9.01. The molecule has 1 fully saturated rings. The van der Waals surface area contributed by atoms with Crippen LogP contribution >= 0.6 is 0 Å². The summed E-state index contributed by atoms with van der Waals surface area (Å²) in [6.45, 7) is 6.99. The fourth-order valence-corrected chi connectivity index (χ4v) is 3.45. The molecule has 2 unspecified atom stereocenters. The molecule has 110 valence electrons. The molecule has 0 amide bonds. The third-order valence-electron chi connectivity index (χ3n) is 4.48. The molecule has 2 atom stereocenters. The minimum absolute atomic E-state index is 0.0639. The molecule has 3 rings (SSSR count). The number of nitrogens with two attached hydrogens (primary N) is 1. The Kier molecular flexibility index (Phi) is 3.48. The highest BCUT2D eigenvalue weighted by molar-refractivity contribution is 5.42. The Hall–Kier alpha value is -1.10. The summed E-state index contributed by atoms with van der Waals surface area (Å²) < 4.78 is 11.1. The van der Waals surface area contributed by atoms with Gasteiger partial charge in [-0.2, -0.15) is 0 Å². The van der Waals surface area contributed by atoms with E-state index in [1.165, 1.54) is 11.1 Å². The SMILES string of the molecule is COc1ccc2c(c1)C(N)C(N1CCOC(C)(C)C1)C2. The maximum absolute atomic E-state index is 6.50. The lowest BCUT2D eigenvalue weighted by Crippen LogP contribution is -2.54. The summed E-state index contributed by atoms with van der Waals surface area (Å²) in [7, 11) is 1.70. The predicted molar refractivity (Wildman–Crippen MR) is 79.0 cm³/mol. The topological polar surface area (TPSA) is 47.7 Å². The Labute approximate surface area is 120 Å². The summed E-state index contributed by atoms with van der Waals surface area (Å²) in [5, 5.41) is 0. The second kappa shape index (κ2) is 5.02. The number of morpholine rings is 1. The Bertz CT molecular complexity index is 501. The lowest BCUT2D eigenvalue weighted by molar-refractivity contribution is -0.0983. The van der Waals surface area contributed by atoms with E-state index in [9.17, 15) is 0 Å². The first-order valence-electron chi connectivity index (χ1n) is 7.30. The van der Waals surface area contributed by atoms with Gasteiger partial charge in [0.15, 0.2) is 0 Å². The highest BCUT2D eigenvalue weighted by atomic mass is 16.5. The van der Waals surface area contributed by atoms with Gasteiger partial charge in [-0.3, -0.25) is 4.90 Å². The molecule has 4 nitrogen and oxygen atoms in total. The Morgan fingerprint density at radius 3 is 2.90 bits per heavy atom.